The topological polar surface area (TPSA) is 86.7 Å². The van der Waals surface area contributed by atoms with E-state index >= 15 is 0 Å². The average Bonchev–Trinajstić information content (AvgIpc) is 3.18. The van der Waals surface area contributed by atoms with Gasteiger partial charge in [0, 0.05) is 18.7 Å². The lowest BCUT2D eigenvalue weighted by Gasteiger charge is -2.17. The number of nitrogens with one attached hydrogen (secondary N) is 1. The van der Waals surface area contributed by atoms with Gasteiger partial charge in [-0.05, 0) is 49.2 Å². The van der Waals surface area contributed by atoms with Crippen molar-refractivity contribution in [2.45, 2.75) is 23.9 Å². The summed E-state index contributed by atoms with van der Waals surface area (Å²) in [4.78, 5) is 12.2. The van der Waals surface area contributed by atoms with E-state index in [0.717, 1.165) is 37.1 Å². The molecule has 28 heavy (non-hydrogen) atoms. The van der Waals surface area contributed by atoms with E-state index in [1.54, 1.807) is 0 Å². The fraction of sp³-hybridized carbons (Fsp3) is 0.278. The van der Waals surface area contributed by atoms with E-state index in [4.69, 9.17) is 0 Å². The van der Waals surface area contributed by atoms with Crippen LogP contribution in [-0.4, -0.2) is 36.8 Å². The van der Waals surface area contributed by atoms with Crippen molar-refractivity contribution in [3.05, 3.63) is 53.6 Å². The van der Waals surface area contributed by atoms with Crippen molar-refractivity contribution in [1.82, 2.24) is 4.31 Å². The first-order chi connectivity index (χ1) is 13.1. The van der Waals surface area contributed by atoms with E-state index in [0.29, 0.717) is 19.2 Å². The number of nitrogens with zero attached hydrogens (tertiary/aromatic N) is 1. The number of amides is 1. The Bertz CT molecular complexity index is 1000. The number of carbonyl (C=O) groups excluding carboxylic acids is 1. The van der Waals surface area contributed by atoms with Crippen molar-refractivity contribution in [3.63, 3.8) is 0 Å². The fourth-order valence-electron chi connectivity index (χ4n) is 2.88. The summed E-state index contributed by atoms with van der Waals surface area (Å²) in [6, 6.07) is 7.20. The molecule has 0 aliphatic carbocycles. The van der Waals surface area contributed by atoms with Crippen LogP contribution in [0.4, 0.5) is 18.9 Å². The van der Waals surface area contributed by atoms with Crippen LogP contribution >= 0.6 is 0 Å². The van der Waals surface area contributed by atoms with Gasteiger partial charge < -0.3 is 10.4 Å². The molecule has 150 valence electrons. The molecule has 0 spiro atoms. The minimum Gasteiger partial charge on any atom is -0.506 e. The molecule has 1 aliphatic rings. The highest BCUT2D eigenvalue weighted by Gasteiger charge is 2.31. The lowest BCUT2D eigenvalue weighted by molar-refractivity contribution is -0.137. The van der Waals surface area contributed by atoms with Gasteiger partial charge >= 0.3 is 6.18 Å². The van der Waals surface area contributed by atoms with Gasteiger partial charge in [0.2, 0.25) is 10.0 Å². The third-order valence-electron chi connectivity index (χ3n) is 4.37. The predicted octanol–water partition coefficient (Wildman–Crippen LogP) is 3.45. The van der Waals surface area contributed by atoms with Crippen LogP contribution in [-0.2, 0) is 16.2 Å². The number of benzene rings is 2. The average molecular weight is 414 g/mol. The maximum Gasteiger partial charge on any atom is 0.416 e. The van der Waals surface area contributed by atoms with E-state index in [9.17, 15) is 31.5 Å². The lowest BCUT2D eigenvalue weighted by atomic mass is 10.1. The van der Waals surface area contributed by atoms with Crippen molar-refractivity contribution >= 4 is 21.6 Å². The van der Waals surface area contributed by atoms with Crippen LogP contribution in [0.5, 0.6) is 5.75 Å². The maximum absolute atomic E-state index is 12.8. The summed E-state index contributed by atoms with van der Waals surface area (Å²) in [5.41, 5.74) is -1.47. The number of hydrogen-bond acceptors (Lipinski definition) is 4. The molecule has 2 aromatic carbocycles. The number of halogens is 3. The van der Waals surface area contributed by atoms with E-state index < -0.39 is 33.4 Å². The first-order valence-corrected chi connectivity index (χ1v) is 9.85. The number of hydrogen-bond donors (Lipinski definition) is 2. The fourth-order valence-corrected chi connectivity index (χ4v) is 4.43. The van der Waals surface area contributed by atoms with Crippen LogP contribution in [0.1, 0.15) is 28.8 Å². The Morgan fingerprint density at radius 3 is 2.39 bits per heavy atom. The second-order valence-electron chi connectivity index (χ2n) is 6.32. The molecular formula is C18H17F3N2O4S. The predicted molar refractivity (Wildman–Crippen MR) is 95.5 cm³/mol. The lowest BCUT2D eigenvalue weighted by Crippen LogP contribution is -2.28. The minimum atomic E-state index is -4.61. The summed E-state index contributed by atoms with van der Waals surface area (Å²) in [6.45, 7) is 0.768. The zero-order valence-corrected chi connectivity index (χ0v) is 15.3. The molecule has 0 bridgehead atoms. The highest BCUT2D eigenvalue weighted by atomic mass is 32.2. The molecule has 1 fully saturated rings. The Labute approximate surface area is 159 Å². The number of anilines is 1. The Morgan fingerprint density at radius 2 is 1.75 bits per heavy atom. The van der Waals surface area contributed by atoms with Crippen molar-refractivity contribution < 1.29 is 31.5 Å². The molecule has 0 radical (unpaired) electrons. The van der Waals surface area contributed by atoms with Gasteiger partial charge in [0.15, 0.2) is 0 Å². The number of carbonyl (C=O) groups is 1. The molecule has 2 aromatic rings. The van der Waals surface area contributed by atoms with Crippen molar-refractivity contribution in [3.8, 4) is 5.75 Å². The number of phenols is 1. The van der Waals surface area contributed by atoms with Crippen LogP contribution in [0.25, 0.3) is 0 Å². The zero-order valence-electron chi connectivity index (χ0n) is 14.5. The summed E-state index contributed by atoms with van der Waals surface area (Å²) in [7, 11) is -3.78. The van der Waals surface area contributed by atoms with E-state index in [1.807, 2.05) is 0 Å². The Morgan fingerprint density at radius 1 is 1.07 bits per heavy atom. The number of rotatable bonds is 4. The monoisotopic (exact) mass is 414 g/mol. The van der Waals surface area contributed by atoms with E-state index in [-0.39, 0.29) is 16.1 Å². The Hall–Kier alpha value is -2.59. The summed E-state index contributed by atoms with van der Waals surface area (Å²) in [6.07, 6.45) is -3.12. The third kappa shape index (κ3) is 4.12. The van der Waals surface area contributed by atoms with Gasteiger partial charge in [-0.2, -0.15) is 17.5 Å². The number of phenolic OH excluding ortho intramolecular Hbond substituents is 1. The van der Waals surface area contributed by atoms with Crippen LogP contribution in [0, 0.1) is 0 Å². The smallest absolute Gasteiger partial charge is 0.416 e. The van der Waals surface area contributed by atoms with Gasteiger partial charge in [0.05, 0.1) is 16.1 Å². The molecule has 0 aromatic heterocycles. The number of alkyl halides is 3. The second kappa shape index (κ2) is 7.44. The third-order valence-corrected chi connectivity index (χ3v) is 6.27. The summed E-state index contributed by atoms with van der Waals surface area (Å²) >= 11 is 0. The second-order valence-corrected chi connectivity index (χ2v) is 8.26. The molecule has 1 aliphatic heterocycles. The Kier molecular flexibility index (Phi) is 5.35. The van der Waals surface area contributed by atoms with Gasteiger partial charge in [-0.1, -0.05) is 6.07 Å². The van der Waals surface area contributed by atoms with Crippen molar-refractivity contribution in [2.75, 3.05) is 18.4 Å². The van der Waals surface area contributed by atoms with Gasteiger partial charge in [-0.25, -0.2) is 8.42 Å². The van der Waals surface area contributed by atoms with Crippen molar-refractivity contribution in [2.24, 2.45) is 0 Å². The molecule has 0 saturated carbocycles. The SMILES string of the molecule is O=C(Nc1cc(S(=O)(=O)N2CCCC2)ccc1O)c1cccc(C(F)(F)F)c1. The Balaban J connectivity index is 1.87. The summed E-state index contributed by atoms with van der Waals surface area (Å²) < 4.78 is 65.0. The van der Waals surface area contributed by atoms with Crippen LogP contribution < -0.4 is 5.32 Å². The highest BCUT2D eigenvalue weighted by molar-refractivity contribution is 7.89. The van der Waals surface area contributed by atoms with Gasteiger partial charge in [-0.15, -0.1) is 0 Å². The summed E-state index contributed by atoms with van der Waals surface area (Å²) in [5, 5.41) is 12.2. The standard InChI is InChI=1S/C18H17F3N2O4S/c19-18(20,21)13-5-3-4-12(10-13)17(25)22-15-11-14(6-7-16(15)24)28(26,27)23-8-1-2-9-23/h3-7,10-11,24H,1-2,8-9H2,(H,22,25). The molecule has 6 nitrogen and oxygen atoms in total. The first kappa shape index (κ1) is 20.2. The molecule has 1 amide bonds. The van der Waals surface area contributed by atoms with E-state index in [1.165, 1.54) is 16.4 Å². The molecule has 0 unspecified atom stereocenters. The van der Waals surface area contributed by atoms with Gasteiger partial charge in [-0.3, -0.25) is 4.79 Å². The molecule has 1 heterocycles. The van der Waals surface area contributed by atoms with Crippen LogP contribution in [0.15, 0.2) is 47.4 Å². The van der Waals surface area contributed by atoms with E-state index in [2.05, 4.69) is 5.32 Å². The maximum atomic E-state index is 12.8. The molecular weight excluding hydrogens is 397 g/mol. The number of sulfonamides is 1. The van der Waals surface area contributed by atoms with Crippen molar-refractivity contribution in [1.29, 1.82) is 0 Å². The quantitative estimate of drug-likeness (QED) is 0.751. The minimum absolute atomic E-state index is 0.119. The van der Waals surface area contributed by atoms with Gasteiger partial charge in [0.25, 0.3) is 5.91 Å². The van der Waals surface area contributed by atoms with Gasteiger partial charge in [0.1, 0.15) is 5.75 Å². The normalized spacial score (nSPS) is 15.5. The van der Waals surface area contributed by atoms with Crippen LogP contribution in [0.3, 0.4) is 0 Å². The largest absolute Gasteiger partial charge is 0.506 e. The molecule has 2 N–H and O–H groups in total. The zero-order chi connectivity index (χ0) is 20.5. The molecule has 1 saturated heterocycles. The van der Waals surface area contributed by atoms with Crippen LogP contribution in [0.2, 0.25) is 0 Å². The number of aromatic hydroxyl groups is 1. The molecule has 0 atom stereocenters. The molecule has 3 rings (SSSR count). The highest BCUT2D eigenvalue weighted by Crippen LogP contribution is 2.31. The first-order valence-electron chi connectivity index (χ1n) is 8.41. The molecule has 10 heteroatoms. The summed E-state index contributed by atoms with van der Waals surface area (Å²) in [5.74, 6) is -1.31.